The van der Waals surface area contributed by atoms with Gasteiger partial charge in [-0.3, -0.25) is 4.79 Å². The molecule has 2 unspecified atom stereocenters. The van der Waals surface area contributed by atoms with Gasteiger partial charge in [0, 0.05) is 13.2 Å². The number of nitrogens with zero attached hydrogens (tertiary/aromatic N) is 1. The normalized spacial score (nSPS) is 12.4. The van der Waals surface area contributed by atoms with Gasteiger partial charge in [-0.05, 0) is 18.8 Å². The molecule has 0 aromatic carbocycles. The van der Waals surface area contributed by atoms with Crippen LogP contribution in [0.15, 0.2) is 0 Å². The minimum absolute atomic E-state index is 0.0208. The van der Waals surface area contributed by atoms with Crippen LogP contribution in [0.4, 0.5) is 0 Å². The zero-order chi connectivity index (χ0) is 23.4. The van der Waals surface area contributed by atoms with Crippen molar-refractivity contribution in [3.05, 3.63) is 10.1 Å². The molecule has 0 spiro atoms. The molecule has 0 saturated carbocycles. The number of aliphatic hydroxyl groups is 4. The van der Waals surface area contributed by atoms with E-state index in [2.05, 4.69) is 0 Å². The van der Waals surface area contributed by atoms with Crippen LogP contribution in [0, 0.1) is 16.0 Å². The van der Waals surface area contributed by atoms with Gasteiger partial charge in [-0.1, -0.05) is 13.8 Å². The van der Waals surface area contributed by atoms with E-state index in [9.17, 15) is 14.4 Å². The molecule has 0 aliphatic carbocycles. The maximum Gasteiger partial charge on any atom is 0.335 e. The molecule has 15 heteroatoms. The SMILES string of the molecule is CC(C)[C@H](N)C(=O)O.O=C(O)C(O)C(O)C(=O)O.O=[N+]([O-])O.OCCCCO. The standard InChI is InChI=1S/C5H11NO2.C4H6O6.C4H10O2.HNO3/c1-3(2)4(6)5(7)8;5-1(3(7)8)2(6)4(9)10;5-3-1-2-4-6;2-1(3)4/h3-4H,6H2,1-2H3,(H,7,8);1-2,5-6H,(H,7,8)(H,9,10);5-6H,1-4H2;(H,2,3,4)/t4-;;;/m0.../s1. The van der Waals surface area contributed by atoms with Crippen molar-refractivity contribution in [2.24, 2.45) is 11.7 Å². The van der Waals surface area contributed by atoms with Crippen molar-refractivity contribution in [2.45, 2.75) is 44.9 Å². The molecular formula is C13H28N2O13. The van der Waals surface area contributed by atoms with Crippen LogP contribution in [-0.4, -0.2) is 95.4 Å². The van der Waals surface area contributed by atoms with E-state index in [1.807, 2.05) is 0 Å². The fourth-order valence-electron chi connectivity index (χ4n) is 0.779. The van der Waals surface area contributed by atoms with Crippen LogP contribution in [-0.2, 0) is 14.4 Å². The zero-order valence-corrected chi connectivity index (χ0v) is 15.3. The average Bonchev–Trinajstić information content (AvgIpc) is 2.57. The Bertz CT molecular complexity index is 418. The molecule has 10 N–H and O–H groups in total. The molecule has 3 atom stereocenters. The van der Waals surface area contributed by atoms with Gasteiger partial charge in [0.1, 0.15) is 6.04 Å². The summed E-state index contributed by atoms with van der Waals surface area (Å²) in [6, 6.07) is -0.713. The average molecular weight is 420 g/mol. The third kappa shape index (κ3) is 28.2. The first-order chi connectivity index (χ1) is 12.7. The number of hydrogen-bond donors (Lipinski definition) is 9. The molecule has 0 aromatic rings. The van der Waals surface area contributed by atoms with E-state index in [1.54, 1.807) is 13.8 Å². The summed E-state index contributed by atoms with van der Waals surface area (Å²) in [5, 5.41) is 70.6. The van der Waals surface area contributed by atoms with Gasteiger partial charge < -0.3 is 46.7 Å². The van der Waals surface area contributed by atoms with E-state index >= 15 is 0 Å². The Morgan fingerprint density at radius 3 is 1.21 bits per heavy atom. The lowest BCUT2D eigenvalue weighted by molar-refractivity contribution is -0.742. The molecule has 0 fully saturated rings. The molecule has 0 heterocycles. The highest BCUT2D eigenvalue weighted by atomic mass is 16.9. The molecule has 0 amide bonds. The van der Waals surface area contributed by atoms with Crippen molar-refractivity contribution in [3.63, 3.8) is 0 Å². The zero-order valence-electron chi connectivity index (χ0n) is 15.3. The number of nitrogens with two attached hydrogens (primary N) is 1. The Morgan fingerprint density at radius 1 is 0.893 bits per heavy atom. The monoisotopic (exact) mass is 420 g/mol. The van der Waals surface area contributed by atoms with Gasteiger partial charge in [-0.2, -0.15) is 0 Å². The van der Waals surface area contributed by atoms with Gasteiger partial charge in [0.2, 0.25) is 0 Å². The van der Waals surface area contributed by atoms with E-state index in [-0.39, 0.29) is 19.1 Å². The second-order valence-electron chi connectivity index (χ2n) is 5.07. The highest BCUT2D eigenvalue weighted by molar-refractivity contribution is 5.83. The molecule has 0 aliphatic heterocycles. The second-order valence-corrected chi connectivity index (χ2v) is 5.07. The lowest BCUT2D eigenvalue weighted by Gasteiger charge is -2.07. The Morgan fingerprint density at radius 2 is 1.14 bits per heavy atom. The predicted molar refractivity (Wildman–Crippen MR) is 89.9 cm³/mol. The highest BCUT2D eigenvalue weighted by Crippen LogP contribution is 1.96. The van der Waals surface area contributed by atoms with Crippen LogP contribution in [0.5, 0.6) is 0 Å². The number of carbonyl (C=O) groups is 3. The fraction of sp³-hybridized carbons (Fsp3) is 0.769. The van der Waals surface area contributed by atoms with Crippen LogP contribution in [0.25, 0.3) is 0 Å². The van der Waals surface area contributed by atoms with E-state index in [0.29, 0.717) is 0 Å². The second kappa shape index (κ2) is 20.7. The summed E-state index contributed by atoms with van der Waals surface area (Å²) in [4.78, 5) is 37.9. The van der Waals surface area contributed by atoms with E-state index < -0.39 is 41.2 Å². The predicted octanol–water partition coefficient (Wildman–Crippen LogP) is -2.66. The number of aliphatic carboxylic acids is 3. The molecule has 0 radical (unpaired) electrons. The lowest BCUT2D eigenvalue weighted by Crippen LogP contribution is -2.39. The molecule has 28 heavy (non-hydrogen) atoms. The minimum atomic E-state index is -2.27. The maximum absolute atomic E-state index is 10.0. The summed E-state index contributed by atoms with van der Waals surface area (Å²) < 4.78 is 0. The summed E-state index contributed by atoms with van der Waals surface area (Å²) in [6.45, 7) is 3.94. The summed E-state index contributed by atoms with van der Waals surface area (Å²) in [7, 11) is 0. The van der Waals surface area contributed by atoms with E-state index in [4.69, 9.17) is 56.8 Å². The molecule has 168 valence electrons. The largest absolute Gasteiger partial charge is 0.480 e. The van der Waals surface area contributed by atoms with Crippen molar-refractivity contribution in [3.8, 4) is 0 Å². The fourth-order valence-corrected chi connectivity index (χ4v) is 0.779. The van der Waals surface area contributed by atoms with Crippen LogP contribution >= 0.6 is 0 Å². The summed E-state index contributed by atoms with van der Waals surface area (Å²) in [6.07, 6.45) is -3.09. The molecule has 0 rings (SSSR count). The number of rotatable bonds is 8. The Hall–Kier alpha value is -2.59. The van der Waals surface area contributed by atoms with Gasteiger partial charge in [-0.15, -0.1) is 10.1 Å². The Labute approximate surface area is 159 Å². The van der Waals surface area contributed by atoms with Crippen molar-refractivity contribution in [1.82, 2.24) is 0 Å². The molecule has 0 aromatic heterocycles. The third-order valence-electron chi connectivity index (χ3n) is 2.37. The molecule has 15 nitrogen and oxygen atoms in total. The quantitative estimate of drug-likeness (QED) is 0.110. The molecule has 0 bridgehead atoms. The minimum Gasteiger partial charge on any atom is -0.480 e. The van der Waals surface area contributed by atoms with Crippen LogP contribution < -0.4 is 5.73 Å². The maximum atomic E-state index is 10.0. The van der Waals surface area contributed by atoms with Gasteiger partial charge in [0.25, 0.3) is 5.09 Å². The smallest absolute Gasteiger partial charge is 0.335 e. The summed E-state index contributed by atoms with van der Waals surface area (Å²) >= 11 is 0. The number of unbranched alkanes of at least 4 members (excludes halogenated alkanes) is 1. The topological polar surface area (TPSA) is 282 Å². The van der Waals surface area contributed by atoms with Crippen molar-refractivity contribution < 1.29 is 60.4 Å². The Kier molecular flexibility index (Phi) is 24.4. The highest BCUT2D eigenvalue weighted by Gasteiger charge is 2.29. The first-order valence-electron chi connectivity index (χ1n) is 7.52. The van der Waals surface area contributed by atoms with Crippen LogP contribution in [0.2, 0.25) is 0 Å². The van der Waals surface area contributed by atoms with Gasteiger partial charge in [0.15, 0.2) is 12.2 Å². The first-order valence-corrected chi connectivity index (χ1v) is 7.52. The van der Waals surface area contributed by atoms with Crippen molar-refractivity contribution in [2.75, 3.05) is 13.2 Å². The Balaban J connectivity index is -0.000000144. The van der Waals surface area contributed by atoms with Gasteiger partial charge >= 0.3 is 17.9 Å². The van der Waals surface area contributed by atoms with Crippen LogP contribution in [0.1, 0.15) is 26.7 Å². The first kappa shape index (κ1) is 33.0. The summed E-state index contributed by atoms with van der Waals surface area (Å²) in [5.74, 6) is -4.45. The molecule has 0 saturated heterocycles. The molecular weight excluding hydrogens is 392 g/mol. The number of carboxylic acid groups (broad SMARTS) is 3. The van der Waals surface area contributed by atoms with E-state index in [1.165, 1.54) is 0 Å². The lowest BCUT2D eigenvalue weighted by atomic mass is 10.1. The third-order valence-corrected chi connectivity index (χ3v) is 2.37. The van der Waals surface area contributed by atoms with Gasteiger partial charge in [0.05, 0.1) is 0 Å². The van der Waals surface area contributed by atoms with E-state index in [0.717, 1.165) is 12.8 Å². The molecule has 0 aliphatic rings. The van der Waals surface area contributed by atoms with Crippen molar-refractivity contribution in [1.29, 1.82) is 0 Å². The number of aliphatic hydroxyl groups excluding tert-OH is 4. The number of hydrogen-bond acceptors (Lipinski definition) is 10. The summed E-state index contributed by atoms with van der Waals surface area (Å²) in [5.41, 5.74) is 5.16. The van der Waals surface area contributed by atoms with Crippen molar-refractivity contribution >= 4 is 17.9 Å². The van der Waals surface area contributed by atoms with Crippen LogP contribution in [0.3, 0.4) is 0 Å². The number of carboxylic acids is 3. The van der Waals surface area contributed by atoms with Gasteiger partial charge in [-0.25, -0.2) is 9.59 Å².